The van der Waals surface area contributed by atoms with E-state index in [1.807, 2.05) is 12.1 Å². The fourth-order valence-corrected chi connectivity index (χ4v) is 1.98. The molecule has 0 amide bonds. The molecule has 3 heteroatoms. The number of nitrogens with zero attached hydrogens (tertiary/aromatic N) is 2. The van der Waals surface area contributed by atoms with Crippen LogP contribution in [0.1, 0.15) is 44.6 Å². The fourth-order valence-electron chi connectivity index (χ4n) is 1.98. The molecular formula is C16H20N2O. The number of allylic oxidation sites excluding steroid dienone is 1. The number of rotatable bonds is 7. The van der Waals surface area contributed by atoms with Crippen molar-refractivity contribution < 1.29 is 4.52 Å². The van der Waals surface area contributed by atoms with Crippen LogP contribution >= 0.6 is 0 Å². The van der Waals surface area contributed by atoms with Gasteiger partial charge in [0.15, 0.2) is 0 Å². The van der Waals surface area contributed by atoms with E-state index in [1.165, 1.54) is 25.7 Å². The predicted molar refractivity (Wildman–Crippen MR) is 77.5 cm³/mol. The Labute approximate surface area is 114 Å². The van der Waals surface area contributed by atoms with Crippen molar-refractivity contribution in [2.75, 3.05) is 0 Å². The van der Waals surface area contributed by atoms with Gasteiger partial charge in [0.05, 0.1) is 0 Å². The molecule has 100 valence electrons. The van der Waals surface area contributed by atoms with Crippen LogP contribution in [0.2, 0.25) is 0 Å². The molecule has 19 heavy (non-hydrogen) atoms. The normalized spacial score (nSPS) is 11.2. The Balaban J connectivity index is 1.95. The van der Waals surface area contributed by atoms with Crippen LogP contribution in [0.15, 0.2) is 41.4 Å². The van der Waals surface area contributed by atoms with Gasteiger partial charge in [-0.25, -0.2) is 0 Å². The van der Waals surface area contributed by atoms with E-state index in [-0.39, 0.29) is 0 Å². The van der Waals surface area contributed by atoms with Gasteiger partial charge in [0, 0.05) is 23.5 Å². The van der Waals surface area contributed by atoms with Gasteiger partial charge in [-0.1, -0.05) is 43.5 Å². The van der Waals surface area contributed by atoms with E-state index >= 15 is 0 Å². The number of hydrogen-bond donors (Lipinski definition) is 0. The van der Waals surface area contributed by atoms with Crippen molar-refractivity contribution in [3.8, 4) is 11.3 Å². The third kappa shape index (κ3) is 4.05. The van der Waals surface area contributed by atoms with Gasteiger partial charge in [-0.05, 0) is 25.0 Å². The minimum Gasteiger partial charge on any atom is -0.363 e. The maximum atomic E-state index is 5.07. The number of hydrogen-bond acceptors (Lipinski definition) is 3. The smallest absolute Gasteiger partial charge is 0.131 e. The quantitative estimate of drug-likeness (QED) is 0.673. The summed E-state index contributed by atoms with van der Waals surface area (Å²) in [5.74, 6) is 0. The Hall–Kier alpha value is -1.90. The lowest BCUT2D eigenvalue weighted by molar-refractivity contribution is 0.422. The molecule has 0 bridgehead atoms. The molecule has 2 rings (SSSR count). The van der Waals surface area contributed by atoms with Gasteiger partial charge in [-0.3, -0.25) is 4.98 Å². The average Bonchev–Trinajstić information content (AvgIpc) is 2.92. The minimum atomic E-state index is 0.859. The van der Waals surface area contributed by atoms with Crippen molar-refractivity contribution in [3.05, 3.63) is 42.4 Å². The monoisotopic (exact) mass is 256 g/mol. The average molecular weight is 256 g/mol. The molecule has 2 heterocycles. The standard InChI is InChI=1S/C16H20N2O/c1-2-3-4-5-6-7-9-15-13-19-18-16(15)14-10-8-11-17-12-14/h7-13H,2-6H2,1H3. The van der Waals surface area contributed by atoms with Crippen molar-refractivity contribution in [3.63, 3.8) is 0 Å². The summed E-state index contributed by atoms with van der Waals surface area (Å²) in [6, 6.07) is 3.89. The molecule has 0 unspecified atom stereocenters. The maximum absolute atomic E-state index is 5.07. The zero-order valence-electron chi connectivity index (χ0n) is 11.4. The van der Waals surface area contributed by atoms with E-state index in [0.29, 0.717) is 0 Å². The molecule has 0 aliphatic carbocycles. The SMILES string of the molecule is CCCCCCC=Cc1conc1-c1cccnc1. The molecule has 0 atom stereocenters. The molecule has 0 radical (unpaired) electrons. The molecule has 2 aromatic heterocycles. The summed E-state index contributed by atoms with van der Waals surface area (Å²) >= 11 is 0. The van der Waals surface area contributed by atoms with Gasteiger partial charge in [0.1, 0.15) is 12.0 Å². The highest BCUT2D eigenvalue weighted by molar-refractivity contribution is 5.70. The van der Waals surface area contributed by atoms with Crippen LogP contribution in [-0.2, 0) is 0 Å². The van der Waals surface area contributed by atoms with E-state index in [2.05, 4.69) is 29.2 Å². The Morgan fingerprint density at radius 3 is 3.00 bits per heavy atom. The summed E-state index contributed by atoms with van der Waals surface area (Å²) in [5, 5.41) is 4.05. The van der Waals surface area contributed by atoms with Crippen molar-refractivity contribution in [2.45, 2.75) is 39.0 Å². The van der Waals surface area contributed by atoms with Gasteiger partial charge in [0.25, 0.3) is 0 Å². The molecule has 0 aliphatic rings. The second-order valence-corrected chi connectivity index (χ2v) is 4.61. The summed E-state index contributed by atoms with van der Waals surface area (Å²) in [7, 11) is 0. The molecule has 0 saturated carbocycles. The van der Waals surface area contributed by atoms with Gasteiger partial charge in [0.2, 0.25) is 0 Å². The summed E-state index contributed by atoms with van der Waals surface area (Å²) in [4.78, 5) is 4.11. The highest BCUT2D eigenvalue weighted by Crippen LogP contribution is 2.22. The lowest BCUT2D eigenvalue weighted by Gasteiger charge is -1.96. The van der Waals surface area contributed by atoms with E-state index in [4.69, 9.17) is 4.52 Å². The van der Waals surface area contributed by atoms with Gasteiger partial charge < -0.3 is 4.52 Å². The van der Waals surface area contributed by atoms with E-state index in [0.717, 1.165) is 23.2 Å². The van der Waals surface area contributed by atoms with Crippen molar-refractivity contribution in [1.29, 1.82) is 0 Å². The summed E-state index contributed by atoms with van der Waals surface area (Å²) in [6.45, 7) is 2.23. The van der Waals surface area contributed by atoms with Gasteiger partial charge >= 0.3 is 0 Å². The van der Waals surface area contributed by atoms with Crippen LogP contribution < -0.4 is 0 Å². The lowest BCUT2D eigenvalue weighted by atomic mass is 10.1. The number of aromatic nitrogens is 2. The zero-order chi connectivity index (χ0) is 13.3. The minimum absolute atomic E-state index is 0.859. The molecule has 0 fully saturated rings. The van der Waals surface area contributed by atoms with Gasteiger partial charge in [-0.15, -0.1) is 0 Å². The van der Waals surface area contributed by atoms with E-state index in [9.17, 15) is 0 Å². The fraction of sp³-hybridized carbons (Fsp3) is 0.375. The second kappa shape index (κ2) is 7.52. The molecule has 0 aliphatic heterocycles. The highest BCUT2D eigenvalue weighted by atomic mass is 16.5. The topological polar surface area (TPSA) is 38.9 Å². The van der Waals surface area contributed by atoms with Crippen LogP contribution in [0.3, 0.4) is 0 Å². The first-order valence-corrected chi connectivity index (χ1v) is 6.93. The molecule has 2 aromatic rings. The van der Waals surface area contributed by atoms with Crippen molar-refractivity contribution in [1.82, 2.24) is 10.1 Å². The summed E-state index contributed by atoms with van der Waals surface area (Å²) < 4.78 is 5.07. The summed E-state index contributed by atoms with van der Waals surface area (Å²) in [6.07, 6.45) is 15.8. The van der Waals surface area contributed by atoms with Crippen molar-refractivity contribution >= 4 is 6.08 Å². The summed E-state index contributed by atoms with van der Waals surface area (Å²) in [5.41, 5.74) is 2.86. The predicted octanol–water partition coefficient (Wildman–Crippen LogP) is 4.72. The largest absolute Gasteiger partial charge is 0.363 e. The molecule has 0 saturated heterocycles. The van der Waals surface area contributed by atoms with Crippen LogP contribution in [0.25, 0.3) is 17.3 Å². The van der Waals surface area contributed by atoms with Gasteiger partial charge in [-0.2, -0.15) is 0 Å². The molecule has 0 aromatic carbocycles. The maximum Gasteiger partial charge on any atom is 0.131 e. The Morgan fingerprint density at radius 1 is 1.26 bits per heavy atom. The number of pyridine rings is 1. The zero-order valence-corrected chi connectivity index (χ0v) is 11.4. The first kappa shape index (κ1) is 13.5. The van der Waals surface area contributed by atoms with Crippen LogP contribution in [0.5, 0.6) is 0 Å². The van der Waals surface area contributed by atoms with E-state index in [1.54, 1.807) is 18.7 Å². The molecule has 0 spiro atoms. The van der Waals surface area contributed by atoms with E-state index < -0.39 is 0 Å². The molecule has 3 nitrogen and oxygen atoms in total. The third-order valence-electron chi connectivity index (χ3n) is 3.05. The molecular weight excluding hydrogens is 236 g/mol. The lowest BCUT2D eigenvalue weighted by Crippen LogP contribution is -1.81. The Bertz CT molecular complexity index is 502. The highest BCUT2D eigenvalue weighted by Gasteiger charge is 2.07. The van der Waals surface area contributed by atoms with Crippen LogP contribution in [-0.4, -0.2) is 10.1 Å². The van der Waals surface area contributed by atoms with Crippen molar-refractivity contribution in [2.24, 2.45) is 0 Å². The first-order chi connectivity index (χ1) is 9.42. The van der Waals surface area contributed by atoms with Crippen LogP contribution in [0, 0.1) is 0 Å². The Kier molecular flexibility index (Phi) is 5.35. The first-order valence-electron chi connectivity index (χ1n) is 6.93. The third-order valence-corrected chi connectivity index (χ3v) is 3.05. The molecule has 0 N–H and O–H groups in total. The van der Waals surface area contributed by atoms with Crippen LogP contribution in [0.4, 0.5) is 0 Å². The second-order valence-electron chi connectivity index (χ2n) is 4.61. The Morgan fingerprint density at radius 2 is 2.21 bits per heavy atom. The number of unbranched alkanes of at least 4 members (excludes halogenated alkanes) is 4.